The zero-order valence-electron chi connectivity index (χ0n) is 78.9. The van der Waals surface area contributed by atoms with E-state index in [9.17, 15) is 27.6 Å². The summed E-state index contributed by atoms with van der Waals surface area (Å²) < 4.78 is 39.0. The lowest BCUT2D eigenvalue weighted by atomic mass is 9.88. The van der Waals surface area contributed by atoms with Gasteiger partial charge >= 0.3 is 0 Å². The van der Waals surface area contributed by atoms with E-state index in [1.165, 1.54) is 50.8 Å². The molecule has 4 fully saturated rings. The van der Waals surface area contributed by atoms with Crippen LogP contribution in [0.4, 0.5) is 0 Å². The van der Waals surface area contributed by atoms with E-state index >= 15 is 0 Å². The summed E-state index contributed by atoms with van der Waals surface area (Å²) in [6.45, 7) is 12.3. The van der Waals surface area contributed by atoms with Crippen molar-refractivity contribution in [2.45, 2.75) is 155 Å². The first-order chi connectivity index (χ1) is 65.9. The van der Waals surface area contributed by atoms with Gasteiger partial charge in [0.2, 0.25) is 23.6 Å². The van der Waals surface area contributed by atoms with E-state index in [2.05, 4.69) is 284 Å². The molecule has 0 saturated carbocycles. The zero-order valence-corrected chi connectivity index (χ0v) is 80.5. The second-order valence-corrected chi connectivity index (χ2v) is 38.6. The second kappa shape index (κ2) is 53.3. The van der Waals surface area contributed by atoms with Crippen LogP contribution in [0.3, 0.4) is 0 Å². The van der Waals surface area contributed by atoms with Crippen LogP contribution in [0.25, 0.3) is 0 Å². The van der Waals surface area contributed by atoms with Gasteiger partial charge in [0.15, 0.2) is 21.3 Å². The first kappa shape index (κ1) is 100. The molecule has 12 aromatic carbocycles. The minimum Gasteiger partial charge on any atom is -0.497 e. The third kappa shape index (κ3) is 32.9. The molecule has 135 heavy (non-hydrogen) atoms. The van der Waals surface area contributed by atoms with Crippen LogP contribution in [0, 0.1) is 0 Å². The SMILES string of the molecule is COc1ccc(CC(=O)NC2CCN(CCC(c3ccccc3)c3ccccc3)CC2)cc1.COc1ccc(CC(=O)NC2CCN(CCC(c3ccccc3)c3ccccc3)CC2)cc1OC.CS(=O)(=O)c1ccc(CC(=O)NC2CCN(CCC(c3ccccc3)c3ccccc3)CC2)cc1.O=C(Cc1ccc(Cl)cc1)NC1CCN(CCC(c2ccccc2)c2ccccc2)CC1. The van der Waals surface area contributed by atoms with Gasteiger partial charge in [-0.1, -0.05) is 297 Å². The Morgan fingerprint density at radius 3 is 0.748 bits per heavy atom. The van der Waals surface area contributed by atoms with Crippen molar-refractivity contribution in [2.75, 3.05) is 106 Å². The van der Waals surface area contributed by atoms with E-state index in [0.29, 0.717) is 59.5 Å². The molecule has 0 bridgehead atoms. The molecule has 4 aliphatic rings. The summed E-state index contributed by atoms with van der Waals surface area (Å²) in [6.07, 6.45) is 14.9. The Labute approximate surface area is 806 Å². The maximum Gasteiger partial charge on any atom is 0.224 e. The standard InChI is InChI=1S/C30H36N2O3.C29H34N2O3S.C29H34N2O2.C28H31ClN2O/c1-34-28-14-13-23(21-29(28)35-2)22-30(33)31-26-15-18-32(19-16-26)20-17-27(24-9-5-3-6-10-24)25-11-7-4-8-12-25;1-35(33,34)27-14-12-23(13-15-27)22-29(32)30-26-16-19-31(20-17-26)21-18-28(24-8-4-2-5-9-24)25-10-6-3-7-11-25;1-33-27-14-12-23(13-15-27)22-29(32)30-26-16-19-31(20-17-26)21-18-28(24-8-4-2-5-9-24)25-10-6-3-7-11-25;29-25-13-11-22(12-14-25)21-28(32)30-26-15-18-31(19-16-26)20-17-27(23-7-3-1-4-8-23)24-9-5-2-6-10-24/h3-14,21,26-27H,15-20,22H2,1-2H3,(H,31,33);2-15,26,28H,16-22H2,1H3,(H,30,32);2-15,26,28H,16-22H2,1H3,(H,30,32);1-14,26-27H,15-21H2,(H,30,32). The molecule has 4 aliphatic heterocycles. The van der Waals surface area contributed by atoms with Gasteiger partial charge in [-0.05, 0) is 219 Å². The predicted molar refractivity (Wildman–Crippen MR) is 546 cm³/mol. The van der Waals surface area contributed by atoms with Gasteiger partial charge < -0.3 is 55.1 Å². The van der Waals surface area contributed by atoms with Crippen molar-refractivity contribution in [3.8, 4) is 17.2 Å². The molecule has 0 aromatic heterocycles. The lowest BCUT2D eigenvalue weighted by Gasteiger charge is -2.33. The van der Waals surface area contributed by atoms with Crippen molar-refractivity contribution in [1.82, 2.24) is 40.9 Å². The van der Waals surface area contributed by atoms with Crippen LogP contribution in [-0.2, 0) is 54.7 Å². The normalized spacial score (nSPS) is 14.9. The summed E-state index contributed by atoms with van der Waals surface area (Å²) in [5, 5.41) is 13.6. The smallest absolute Gasteiger partial charge is 0.224 e. The average Bonchev–Trinajstić information content (AvgIpc) is 0.852. The number of hydrogen-bond acceptors (Lipinski definition) is 13. The first-order valence-electron chi connectivity index (χ1n) is 48.3. The Bertz CT molecular complexity index is 5440. The van der Waals surface area contributed by atoms with Gasteiger partial charge in [-0.15, -0.1) is 0 Å². The number of nitrogens with one attached hydrogen (secondary N) is 4. The van der Waals surface area contributed by atoms with E-state index in [0.717, 1.165) is 184 Å². The third-order valence-corrected chi connectivity index (χ3v) is 28.1. The molecule has 4 heterocycles. The van der Waals surface area contributed by atoms with Crippen LogP contribution < -0.4 is 35.5 Å². The lowest BCUT2D eigenvalue weighted by Crippen LogP contribution is -2.45. The van der Waals surface area contributed by atoms with E-state index in [1.54, 1.807) is 45.6 Å². The highest BCUT2D eigenvalue weighted by molar-refractivity contribution is 7.90. The number of ether oxygens (including phenoxy) is 3. The fourth-order valence-corrected chi connectivity index (χ4v) is 19.8. The fourth-order valence-electron chi connectivity index (χ4n) is 19.1. The van der Waals surface area contributed by atoms with Crippen molar-refractivity contribution in [3.05, 3.63) is 405 Å². The van der Waals surface area contributed by atoms with Crippen LogP contribution in [0.5, 0.6) is 17.2 Å². The van der Waals surface area contributed by atoms with E-state index in [-0.39, 0.29) is 59.1 Å². The molecule has 0 unspecified atom stereocenters. The highest BCUT2D eigenvalue weighted by Crippen LogP contribution is 2.35. The summed E-state index contributed by atoms with van der Waals surface area (Å²) in [7, 11) is 1.65. The number of benzene rings is 12. The van der Waals surface area contributed by atoms with E-state index < -0.39 is 9.84 Å². The van der Waals surface area contributed by atoms with Gasteiger partial charge in [0, 0.05) is 111 Å². The number of carbonyl (C=O) groups excluding carboxylic acids is 4. The summed E-state index contributed by atoms with van der Waals surface area (Å²) >= 11 is 5.93. The molecule has 0 radical (unpaired) electrons. The van der Waals surface area contributed by atoms with Gasteiger partial charge in [0.1, 0.15) is 5.75 Å². The maximum absolute atomic E-state index is 12.6. The van der Waals surface area contributed by atoms with Crippen LogP contribution in [0.2, 0.25) is 5.02 Å². The Balaban J connectivity index is 0.000000153. The summed E-state index contributed by atoms with van der Waals surface area (Å²) in [5.41, 5.74) is 14.7. The van der Waals surface area contributed by atoms with Crippen molar-refractivity contribution >= 4 is 45.1 Å². The molecule has 4 amide bonds. The number of amides is 4. The summed E-state index contributed by atoms with van der Waals surface area (Å²) in [6, 6.07) is 115. The Morgan fingerprint density at radius 1 is 0.296 bits per heavy atom. The van der Waals surface area contributed by atoms with Crippen LogP contribution in [-0.4, -0.2) is 182 Å². The molecule has 706 valence electrons. The van der Waals surface area contributed by atoms with Gasteiger partial charge in [-0.2, -0.15) is 0 Å². The average molecular weight is 1850 g/mol. The lowest BCUT2D eigenvalue weighted by molar-refractivity contribution is -0.122. The van der Waals surface area contributed by atoms with E-state index in [1.807, 2.05) is 66.7 Å². The maximum atomic E-state index is 12.6. The fraction of sp³-hybridized carbons (Fsp3) is 0.345. The molecular formula is C116H135ClN8O9S. The molecule has 0 aliphatic carbocycles. The molecule has 16 rings (SSSR count). The van der Waals surface area contributed by atoms with Crippen molar-refractivity contribution < 1.29 is 41.8 Å². The minimum atomic E-state index is -3.22. The quantitative estimate of drug-likeness (QED) is 0.0290. The predicted octanol–water partition coefficient (Wildman–Crippen LogP) is 20.2. The number of likely N-dealkylation sites (tertiary alicyclic amines) is 4. The number of rotatable bonds is 36. The Hall–Kier alpha value is -12.0. The summed E-state index contributed by atoms with van der Waals surface area (Å²) in [5.74, 6) is 3.98. The number of halogens is 1. The topological polar surface area (TPSA) is 191 Å². The van der Waals surface area contributed by atoms with Crippen molar-refractivity contribution in [1.29, 1.82) is 0 Å². The monoisotopic (exact) mass is 1850 g/mol. The molecule has 4 N–H and O–H groups in total. The number of hydrogen-bond donors (Lipinski definition) is 4. The van der Waals surface area contributed by atoms with Gasteiger partial charge in [-0.3, -0.25) is 19.2 Å². The van der Waals surface area contributed by atoms with Crippen molar-refractivity contribution in [2.24, 2.45) is 0 Å². The Kier molecular flexibility index (Phi) is 39.7. The highest BCUT2D eigenvalue weighted by Gasteiger charge is 2.29. The highest BCUT2D eigenvalue weighted by atomic mass is 35.5. The number of methoxy groups -OCH3 is 3. The zero-order chi connectivity index (χ0) is 94.2. The van der Waals surface area contributed by atoms with Gasteiger partial charge in [0.05, 0.1) is 51.9 Å². The molecule has 4 saturated heterocycles. The van der Waals surface area contributed by atoms with Crippen LogP contribution >= 0.6 is 11.6 Å². The van der Waals surface area contributed by atoms with Gasteiger partial charge in [-0.25, -0.2) is 8.42 Å². The molecular weight excluding hydrogens is 1720 g/mol. The second-order valence-electron chi connectivity index (χ2n) is 36.2. The molecule has 19 heteroatoms. The van der Waals surface area contributed by atoms with E-state index in [4.69, 9.17) is 25.8 Å². The van der Waals surface area contributed by atoms with Gasteiger partial charge in [0.25, 0.3) is 0 Å². The number of sulfone groups is 1. The van der Waals surface area contributed by atoms with Crippen LogP contribution in [0.1, 0.15) is 167 Å². The molecule has 12 aromatic rings. The van der Waals surface area contributed by atoms with Crippen molar-refractivity contribution in [3.63, 3.8) is 0 Å². The first-order valence-corrected chi connectivity index (χ1v) is 50.5. The largest absolute Gasteiger partial charge is 0.497 e. The number of nitrogens with zero attached hydrogens (tertiary/aromatic N) is 4. The molecule has 17 nitrogen and oxygen atoms in total. The molecule has 0 atom stereocenters. The van der Waals surface area contributed by atoms with Crippen LogP contribution in [0.15, 0.2) is 339 Å². The number of carbonyl (C=O) groups is 4. The minimum absolute atomic E-state index is 0.0104. The molecule has 0 spiro atoms. The Morgan fingerprint density at radius 2 is 0.519 bits per heavy atom. The summed E-state index contributed by atoms with van der Waals surface area (Å²) in [4.78, 5) is 60.5. The number of piperidine rings is 4. The third-order valence-electron chi connectivity index (χ3n) is 26.7.